The summed E-state index contributed by atoms with van der Waals surface area (Å²) in [6.45, 7) is 0. The molecule has 98 valence electrons. The minimum absolute atomic E-state index is 0.649. The van der Waals surface area contributed by atoms with Crippen molar-refractivity contribution < 1.29 is 0 Å². The average Bonchev–Trinajstić information content (AvgIpc) is 2.49. The van der Waals surface area contributed by atoms with Crippen molar-refractivity contribution in [2.24, 2.45) is 15.9 Å². The molecule has 3 heteroatoms. The zero-order valence-corrected chi connectivity index (χ0v) is 11.1. The maximum absolute atomic E-state index is 5.64. The summed E-state index contributed by atoms with van der Waals surface area (Å²) in [5, 5.41) is 8.22. The molecule has 0 fully saturated rings. The van der Waals surface area contributed by atoms with Crippen LogP contribution in [0.5, 0.6) is 0 Å². The normalized spacial score (nSPS) is 23.1. The SMILES string of the molecule is NC1=NN=C(C2=CC=C(C3=CC=CCC3)CC2)CC1. The minimum Gasteiger partial charge on any atom is -0.386 e. The van der Waals surface area contributed by atoms with Gasteiger partial charge in [0.15, 0.2) is 0 Å². The summed E-state index contributed by atoms with van der Waals surface area (Å²) in [6, 6.07) is 0. The number of nitrogens with zero attached hydrogens (tertiary/aromatic N) is 2. The van der Waals surface area contributed by atoms with E-state index < -0.39 is 0 Å². The highest BCUT2D eigenvalue weighted by Crippen LogP contribution is 2.30. The Bertz CT molecular complexity index is 557. The average molecular weight is 253 g/mol. The first-order valence-electron chi connectivity index (χ1n) is 6.98. The largest absolute Gasteiger partial charge is 0.386 e. The Morgan fingerprint density at radius 1 is 0.789 bits per heavy atom. The zero-order valence-electron chi connectivity index (χ0n) is 11.1. The van der Waals surface area contributed by atoms with E-state index in [9.17, 15) is 0 Å². The van der Waals surface area contributed by atoms with Crippen molar-refractivity contribution in [3.8, 4) is 0 Å². The predicted molar refractivity (Wildman–Crippen MR) is 80.1 cm³/mol. The van der Waals surface area contributed by atoms with Gasteiger partial charge in [-0.1, -0.05) is 30.4 Å². The molecule has 0 atom stereocenters. The van der Waals surface area contributed by atoms with Crippen molar-refractivity contribution in [2.45, 2.75) is 38.5 Å². The van der Waals surface area contributed by atoms with E-state index in [0.717, 1.165) is 31.4 Å². The van der Waals surface area contributed by atoms with Crippen LogP contribution in [-0.2, 0) is 0 Å². The quantitative estimate of drug-likeness (QED) is 0.805. The van der Waals surface area contributed by atoms with Gasteiger partial charge in [0.25, 0.3) is 0 Å². The van der Waals surface area contributed by atoms with Crippen LogP contribution in [0.1, 0.15) is 38.5 Å². The van der Waals surface area contributed by atoms with E-state index in [2.05, 4.69) is 40.6 Å². The number of amidine groups is 1. The van der Waals surface area contributed by atoms with Gasteiger partial charge in [-0.15, -0.1) is 5.10 Å². The van der Waals surface area contributed by atoms with Gasteiger partial charge in [-0.25, -0.2) is 0 Å². The van der Waals surface area contributed by atoms with E-state index in [1.165, 1.54) is 29.6 Å². The Labute approximate surface area is 114 Å². The molecule has 0 unspecified atom stereocenters. The molecule has 0 spiro atoms. The van der Waals surface area contributed by atoms with Gasteiger partial charge in [0.1, 0.15) is 5.84 Å². The second-order valence-corrected chi connectivity index (χ2v) is 5.18. The lowest BCUT2D eigenvalue weighted by atomic mass is 9.87. The second kappa shape index (κ2) is 5.39. The van der Waals surface area contributed by atoms with Crippen LogP contribution in [0.2, 0.25) is 0 Å². The summed E-state index contributed by atoms with van der Waals surface area (Å²) in [5.41, 5.74) is 11.1. The van der Waals surface area contributed by atoms with E-state index in [-0.39, 0.29) is 0 Å². The van der Waals surface area contributed by atoms with Crippen LogP contribution in [0.25, 0.3) is 0 Å². The first-order valence-corrected chi connectivity index (χ1v) is 6.98. The Morgan fingerprint density at radius 3 is 2.21 bits per heavy atom. The lowest BCUT2D eigenvalue weighted by Crippen LogP contribution is -2.18. The Kier molecular flexibility index (Phi) is 3.45. The number of hydrogen-bond acceptors (Lipinski definition) is 3. The van der Waals surface area contributed by atoms with Gasteiger partial charge in [0.05, 0.1) is 5.71 Å². The third-order valence-electron chi connectivity index (χ3n) is 3.86. The van der Waals surface area contributed by atoms with Crippen molar-refractivity contribution in [3.05, 3.63) is 47.1 Å². The van der Waals surface area contributed by atoms with Crippen molar-refractivity contribution in [3.63, 3.8) is 0 Å². The van der Waals surface area contributed by atoms with Crippen LogP contribution in [0.15, 0.2) is 57.3 Å². The Morgan fingerprint density at radius 2 is 1.58 bits per heavy atom. The molecule has 3 rings (SSSR count). The Hall–Kier alpha value is -1.90. The smallest absolute Gasteiger partial charge is 0.122 e. The molecule has 1 heterocycles. The van der Waals surface area contributed by atoms with Gasteiger partial charge in [0, 0.05) is 6.42 Å². The van der Waals surface area contributed by atoms with Crippen LogP contribution in [-0.4, -0.2) is 11.5 Å². The van der Waals surface area contributed by atoms with Crippen LogP contribution >= 0.6 is 0 Å². The van der Waals surface area contributed by atoms with Gasteiger partial charge in [-0.2, -0.15) is 5.10 Å². The van der Waals surface area contributed by atoms with Gasteiger partial charge >= 0.3 is 0 Å². The third kappa shape index (κ3) is 2.75. The number of hydrogen-bond donors (Lipinski definition) is 1. The minimum atomic E-state index is 0.649. The molecule has 3 nitrogen and oxygen atoms in total. The van der Waals surface area contributed by atoms with Crippen molar-refractivity contribution in [2.75, 3.05) is 0 Å². The standard InChI is InChI=1S/C16H19N3/c17-16-11-10-15(18-19-16)14-8-6-13(7-9-14)12-4-2-1-3-5-12/h1-2,4,6,8H,3,5,7,9-11H2,(H2,17,19). The molecule has 1 aliphatic heterocycles. The number of nitrogens with two attached hydrogens (primary N) is 1. The molecule has 0 amide bonds. The van der Waals surface area contributed by atoms with Gasteiger partial charge in [-0.05, 0) is 48.8 Å². The summed E-state index contributed by atoms with van der Waals surface area (Å²) in [5.74, 6) is 0.649. The van der Waals surface area contributed by atoms with E-state index in [4.69, 9.17) is 5.73 Å². The molecule has 19 heavy (non-hydrogen) atoms. The molecule has 3 aliphatic rings. The van der Waals surface area contributed by atoms with Crippen LogP contribution in [0.3, 0.4) is 0 Å². The summed E-state index contributed by atoms with van der Waals surface area (Å²) in [4.78, 5) is 0. The fourth-order valence-electron chi connectivity index (χ4n) is 2.71. The van der Waals surface area contributed by atoms with Crippen LogP contribution in [0.4, 0.5) is 0 Å². The maximum Gasteiger partial charge on any atom is 0.122 e. The number of rotatable bonds is 2. The molecule has 0 saturated carbocycles. The van der Waals surface area contributed by atoms with E-state index >= 15 is 0 Å². The van der Waals surface area contributed by atoms with Crippen molar-refractivity contribution >= 4 is 11.5 Å². The monoisotopic (exact) mass is 253 g/mol. The molecule has 0 saturated heterocycles. The predicted octanol–water partition coefficient (Wildman–Crippen LogP) is 3.42. The molecular weight excluding hydrogens is 234 g/mol. The third-order valence-corrected chi connectivity index (χ3v) is 3.86. The maximum atomic E-state index is 5.64. The van der Waals surface area contributed by atoms with E-state index in [0.29, 0.717) is 5.84 Å². The summed E-state index contributed by atoms with van der Waals surface area (Å²) >= 11 is 0. The molecule has 0 radical (unpaired) electrons. The molecule has 0 aromatic carbocycles. The first-order chi connectivity index (χ1) is 9.33. The summed E-state index contributed by atoms with van der Waals surface area (Å²) in [7, 11) is 0. The summed E-state index contributed by atoms with van der Waals surface area (Å²) < 4.78 is 0. The van der Waals surface area contributed by atoms with E-state index in [1.54, 1.807) is 0 Å². The van der Waals surface area contributed by atoms with Gasteiger partial charge in [0.2, 0.25) is 0 Å². The molecule has 2 aliphatic carbocycles. The van der Waals surface area contributed by atoms with Crippen LogP contribution < -0.4 is 5.73 Å². The zero-order chi connectivity index (χ0) is 13.1. The lowest BCUT2D eigenvalue weighted by Gasteiger charge is -2.19. The van der Waals surface area contributed by atoms with Crippen LogP contribution in [0, 0.1) is 0 Å². The Balaban J connectivity index is 1.77. The van der Waals surface area contributed by atoms with E-state index in [1.807, 2.05) is 0 Å². The second-order valence-electron chi connectivity index (χ2n) is 5.18. The first kappa shape index (κ1) is 12.2. The fraction of sp³-hybridized carbons (Fsp3) is 0.375. The highest BCUT2D eigenvalue weighted by atomic mass is 15.2. The topological polar surface area (TPSA) is 50.7 Å². The molecule has 0 aromatic rings. The number of allylic oxidation sites excluding steroid dienone is 8. The highest BCUT2D eigenvalue weighted by molar-refractivity contribution is 6.04. The van der Waals surface area contributed by atoms with Gasteiger partial charge in [-0.3, -0.25) is 0 Å². The summed E-state index contributed by atoms with van der Waals surface area (Å²) in [6.07, 6.45) is 17.4. The van der Waals surface area contributed by atoms with Crippen molar-refractivity contribution in [1.82, 2.24) is 0 Å². The highest BCUT2D eigenvalue weighted by Gasteiger charge is 2.16. The molecule has 0 bridgehead atoms. The molecule has 0 aromatic heterocycles. The molecule has 2 N–H and O–H groups in total. The molecular formula is C16H19N3. The van der Waals surface area contributed by atoms with Gasteiger partial charge < -0.3 is 5.73 Å². The fourth-order valence-corrected chi connectivity index (χ4v) is 2.71. The lowest BCUT2D eigenvalue weighted by molar-refractivity contribution is 0.878. The van der Waals surface area contributed by atoms with Crippen molar-refractivity contribution in [1.29, 1.82) is 0 Å².